The molecule has 3 heterocycles. The molecule has 0 amide bonds. The van der Waals surface area contributed by atoms with E-state index in [-0.39, 0.29) is 0 Å². The Morgan fingerprint density at radius 2 is 2.10 bits per heavy atom. The first-order chi connectivity index (χ1) is 10.2. The van der Waals surface area contributed by atoms with Crippen molar-refractivity contribution >= 4 is 5.95 Å². The highest BCUT2D eigenvalue weighted by Crippen LogP contribution is 2.15. The van der Waals surface area contributed by atoms with Crippen molar-refractivity contribution in [3.8, 4) is 5.88 Å². The van der Waals surface area contributed by atoms with E-state index in [0.717, 1.165) is 44.5 Å². The van der Waals surface area contributed by atoms with Crippen LogP contribution in [0.5, 0.6) is 5.88 Å². The van der Waals surface area contributed by atoms with E-state index in [9.17, 15) is 0 Å². The second-order valence-electron chi connectivity index (χ2n) is 5.19. The van der Waals surface area contributed by atoms with Gasteiger partial charge in [-0.1, -0.05) is 0 Å². The van der Waals surface area contributed by atoms with Gasteiger partial charge in [-0.25, -0.2) is 4.98 Å². The van der Waals surface area contributed by atoms with Crippen LogP contribution in [-0.2, 0) is 6.54 Å². The summed E-state index contributed by atoms with van der Waals surface area (Å²) in [7, 11) is 1.64. The highest BCUT2D eigenvalue weighted by molar-refractivity contribution is 5.29. The predicted molar refractivity (Wildman–Crippen MR) is 79.4 cm³/mol. The number of aryl methyl sites for hydroxylation is 1. The maximum absolute atomic E-state index is 5.16. The molecule has 0 aliphatic carbocycles. The van der Waals surface area contributed by atoms with Gasteiger partial charge >= 0.3 is 0 Å². The number of methoxy groups -OCH3 is 1. The highest BCUT2D eigenvalue weighted by Gasteiger charge is 2.19. The topological polar surface area (TPSA) is 70.2 Å². The van der Waals surface area contributed by atoms with E-state index in [1.54, 1.807) is 13.3 Å². The van der Waals surface area contributed by atoms with E-state index in [2.05, 4.69) is 30.0 Å². The predicted octanol–water partition coefficient (Wildman–Crippen LogP) is 0.839. The van der Waals surface area contributed by atoms with Crippen LogP contribution < -0.4 is 9.64 Å². The summed E-state index contributed by atoms with van der Waals surface area (Å²) in [5.74, 6) is 2.33. The molecule has 0 radical (unpaired) electrons. The number of piperazine rings is 1. The number of aromatic amines is 1. The number of anilines is 1. The van der Waals surface area contributed by atoms with Crippen molar-refractivity contribution < 1.29 is 4.74 Å². The van der Waals surface area contributed by atoms with Gasteiger partial charge in [0.2, 0.25) is 11.8 Å². The van der Waals surface area contributed by atoms with Gasteiger partial charge < -0.3 is 9.64 Å². The molecule has 2 aromatic heterocycles. The van der Waals surface area contributed by atoms with Gasteiger partial charge in [-0.3, -0.25) is 10.00 Å². The fourth-order valence-electron chi connectivity index (χ4n) is 2.50. The molecule has 0 aromatic carbocycles. The van der Waals surface area contributed by atoms with E-state index >= 15 is 0 Å². The molecular formula is C14H20N6O. The molecule has 0 spiro atoms. The molecule has 7 heteroatoms. The lowest BCUT2D eigenvalue weighted by atomic mass is 10.2. The minimum absolute atomic E-state index is 0.669. The maximum Gasteiger partial charge on any atom is 0.244 e. The van der Waals surface area contributed by atoms with Gasteiger partial charge in [0, 0.05) is 45.0 Å². The summed E-state index contributed by atoms with van der Waals surface area (Å²) >= 11 is 0. The Bertz CT molecular complexity index is 591. The quantitative estimate of drug-likeness (QED) is 0.899. The van der Waals surface area contributed by atoms with Crippen LogP contribution in [0.15, 0.2) is 18.3 Å². The van der Waals surface area contributed by atoms with Gasteiger partial charge in [-0.15, -0.1) is 5.10 Å². The van der Waals surface area contributed by atoms with Crippen LogP contribution in [0.4, 0.5) is 5.95 Å². The normalized spacial score (nSPS) is 16.2. The molecule has 21 heavy (non-hydrogen) atoms. The summed E-state index contributed by atoms with van der Waals surface area (Å²) in [6.07, 6.45) is 1.79. The third-order valence-corrected chi connectivity index (χ3v) is 3.66. The number of nitrogens with zero attached hydrogens (tertiary/aromatic N) is 5. The summed E-state index contributed by atoms with van der Waals surface area (Å²) in [5.41, 5.74) is 1.23. The van der Waals surface area contributed by atoms with Crippen molar-refractivity contribution in [2.75, 3.05) is 38.2 Å². The van der Waals surface area contributed by atoms with Crippen LogP contribution >= 0.6 is 0 Å². The summed E-state index contributed by atoms with van der Waals surface area (Å²) in [6.45, 7) is 6.72. The Balaban J connectivity index is 1.56. The summed E-state index contributed by atoms with van der Waals surface area (Å²) in [4.78, 5) is 13.2. The number of nitrogens with one attached hydrogen (secondary N) is 1. The van der Waals surface area contributed by atoms with Crippen LogP contribution in [0.2, 0.25) is 0 Å². The van der Waals surface area contributed by atoms with Gasteiger partial charge in [0.25, 0.3) is 0 Å². The van der Waals surface area contributed by atoms with Crippen molar-refractivity contribution in [3.63, 3.8) is 0 Å². The summed E-state index contributed by atoms with van der Waals surface area (Å²) < 4.78 is 5.16. The third kappa shape index (κ3) is 3.30. The number of aromatic nitrogens is 4. The zero-order chi connectivity index (χ0) is 14.7. The van der Waals surface area contributed by atoms with Crippen LogP contribution in [0.1, 0.15) is 11.4 Å². The molecule has 3 rings (SSSR count). The standard InChI is InChI=1S/C14H20N6O/c1-11-16-14(18-17-11)20-7-5-19(6-8-20)10-12-3-4-15-13(9-12)21-2/h3-4,9H,5-8,10H2,1-2H3,(H,16,17,18). The number of H-pyrrole nitrogens is 1. The minimum atomic E-state index is 0.669. The lowest BCUT2D eigenvalue weighted by Crippen LogP contribution is -2.46. The first-order valence-electron chi connectivity index (χ1n) is 7.10. The number of pyridine rings is 1. The monoisotopic (exact) mass is 288 g/mol. The van der Waals surface area contributed by atoms with Gasteiger partial charge in [-0.2, -0.15) is 4.98 Å². The third-order valence-electron chi connectivity index (χ3n) is 3.66. The largest absolute Gasteiger partial charge is 0.481 e. The lowest BCUT2D eigenvalue weighted by Gasteiger charge is -2.34. The molecule has 1 saturated heterocycles. The van der Waals surface area contributed by atoms with Crippen molar-refractivity contribution in [2.45, 2.75) is 13.5 Å². The highest BCUT2D eigenvalue weighted by atomic mass is 16.5. The average Bonchev–Trinajstić information content (AvgIpc) is 2.95. The lowest BCUT2D eigenvalue weighted by molar-refractivity contribution is 0.248. The molecule has 0 atom stereocenters. The molecular weight excluding hydrogens is 268 g/mol. The first kappa shape index (κ1) is 13.8. The molecule has 0 saturated carbocycles. The van der Waals surface area contributed by atoms with Crippen molar-refractivity contribution in [1.29, 1.82) is 0 Å². The molecule has 0 bridgehead atoms. The van der Waals surface area contributed by atoms with Crippen LogP contribution in [-0.4, -0.2) is 58.4 Å². The van der Waals surface area contributed by atoms with Crippen LogP contribution in [0.3, 0.4) is 0 Å². The van der Waals surface area contributed by atoms with E-state index in [1.807, 2.05) is 19.1 Å². The zero-order valence-corrected chi connectivity index (χ0v) is 12.4. The number of ether oxygens (including phenoxy) is 1. The van der Waals surface area contributed by atoms with Crippen molar-refractivity contribution in [3.05, 3.63) is 29.7 Å². The van der Waals surface area contributed by atoms with Crippen molar-refractivity contribution in [2.24, 2.45) is 0 Å². The smallest absolute Gasteiger partial charge is 0.244 e. The van der Waals surface area contributed by atoms with Crippen LogP contribution in [0.25, 0.3) is 0 Å². The van der Waals surface area contributed by atoms with E-state index in [0.29, 0.717) is 5.88 Å². The Morgan fingerprint density at radius 3 is 2.76 bits per heavy atom. The second kappa shape index (κ2) is 6.09. The SMILES string of the molecule is COc1cc(CN2CCN(c3n[nH]c(C)n3)CC2)ccn1. The molecule has 1 fully saturated rings. The van der Waals surface area contributed by atoms with Gasteiger partial charge in [0.15, 0.2) is 0 Å². The number of hydrogen-bond acceptors (Lipinski definition) is 6. The number of rotatable bonds is 4. The molecule has 0 unspecified atom stereocenters. The van der Waals surface area contributed by atoms with Crippen molar-refractivity contribution in [1.82, 2.24) is 25.1 Å². The Hall–Kier alpha value is -2.15. The molecule has 1 aliphatic heterocycles. The molecule has 1 aliphatic rings. The molecule has 1 N–H and O–H groups in total. The maximum atomic E-state index is 5.16. The Kier molecular flexibility index (Phi) is 4.01. The Morgan fingerprint density at radius 1 is 1.29 bits per heavy atom. The fraction of sp³-hybridized carbons (Fsp3) is 0.500. The van der Waals surface area contributed by atoms with Crippen LogP contribution in [0, 0.1) is 6.92 Å². The van der Waals surface area contributed by atoms with E-state index < -0.39 is 0 Å². The zero-order valence-electron chi connectivity index (χ0n) is 12.4. The first-order valence-corrected chi connectivity index (χ1v) is 7.10. The summed E-state index contributed by atoms with van der Waals surface area (Å²) in [5, 5.41) is 7.11. The van der Waals surface area contributed by atoms with Gasteiger partial charge in [0.05, 0.1) is 7.11 Å². The van der Waals surface area contributed by atoms with E-state index in [4.69, 9.17) is 4.74 Å². The van der Waals surface area contributed by atoms with E-state index in [1.165, 1.54) is 5.56 Å². The molecule has 112 valence electrons. The molecule has 7 nitrogen and oxygen atoms in total. The second-order valence-corrected chi connectivity index (χ2v) is 5.19. The van der Waals surface area contributed by atoms with Gasteiger partial charge in [-0.05, 0) is 18.6 Å². The molecule has 2 aromatic rings. The minimum Gasteiger partial charge on any atom is -0.481 e. The number of hydrogen-bond donors (Lipinski definition) is 1. The average molecular weight is 288 g/mol. The van der Waals surface area contributed by atoms with Gasteiger partial charge in [0.1, 0.15) is 5.82 Å². The Labute approximate surface area is 124 Å². The fourth-order valence-corrected chi connectivity index (χ4v) is 2.50. The summed E-state index contributed by atoms with van der Waals surface area (Å²) in [6, 6.07) is 4.03.